The van der Waals surface area contributed by atoms with Gasteiger partial charge in [0.15, 0.2) is 11.6 Å². The number of fused-ring (bicyclic) bond motifs is 1. The minimum Gasteiger partial charge on any atom is -0.465 e. The standard InChI is InChI=1S/C15H16F2N2O2/c1-2-21-14(20)15(7-3-4-8-15)13-18-10-6-5-9(16)11(17)12(10)19-13/h5-6H,2-4,7-8H2,1H3,(H,18,19). The molecule has 0 saturated heterocycles. The molecule has 0 spiro atoms. The molecule has 112 valence electrons. The van der Waals surface area contributed by atoms with Crippen molar-refractivity contribution in [2.45, 2.75) is 38.0 Å². The fourth-order valence-corrected chi connectivity index (χ4v) is 3.03. The lowest BCUT2D eigenvalue weighted by molar-refractivity contribution is -0.150. The molecule has 0 amide bonds. The van der Waals surface area contributed by atoms with Gasteiger partial charge in [0, 0.05) is 0 Å². The first-order valence-electron chi connectivity index (χ1n) is 7.10. The molecular weight excluding hydrogens is 278 g/mol. The topological polar surface area (TPSA) is 55.0 Å². The lowest BCUT2D eigenvalue weighted by atomic mass is 9.85. The van der Waals surface area contributed by atoms with E-state index in [1.54, 1.807) is 6.92 Å². The van der Waals surface area contributed by atoms with Gasteiger partial charge >= 0.3 is 5.97 Å². The summed E-state index contributed by atoms with van der Waals surface area (Å²) in [6.07, 6.45) is 2.98. The highest BCUT2D eigenvalue weighted by atomic mass is 19.2. The Morgan fingerprint density at radius 2 is 2.10 bits per heavy atom. The molecule has 3 rings (SSSR count). The minimum atomic E-state index is -0.994. The second kappa shape index (κ2) is 5.09. The van der Waals surface area contributed by atoms with Crippen LogP contribution in [0.3, 0.4) is 0 Å². The number of imidazole rings is 1. The first-order valence-corrected chi connectivity index (χ1v) is 7.10. The largest absolute Gasteiger partial charge is 0.465 e. The van der Waals surface area contributed by atoms with E-state index in [4.69, 9.17) is 4.74 Å². The molecule has 4 nitrogen and oxygen atoms in total. The summed E-state index contributed by atoms with van der Waals surface area (Å²) in [5.41, 5.74) is -0.544. The van der Waals surface area contributed by atoms with Crippen molar-refractivity contribution in [1.29, 1.82) is 0 Å². The fourth-order valence-electron chi connectivity index (χ4n) is 3.03. The number of nitrogens with zero attached hydrogens (tertiary/aromatic N) is 1. The van der Waals surface area contributed by atoms with Crippen molar-refractivity contribution < 1.29 is 18.3 Å². The summed E-state index contributed by atoms with van der Waals surface area (Å²) >= 11 is 0. The summed E-state index contributed by atoms with van der Waals surface area (Å²) in [4.78, 5) is 19.5. The first-order chi connectivity index (χ1) is 10.1. The molecular formula is C15H16F2N2O2. The van der Waals surface area contributed by atoms with Crippen LogP contribution in [0.5, 0.6) is 0 Å². The van der Waals surface area contributed by atoms with E-state index >= 15 is 0 Å². The molecule has 0 radical (unpaired) electrons. The van der Waals surface area contributed by atoms with E-state index in [1.807, 2.05) is 0 Å². The molecule has 1 heterocycles. The quantitative estimate of drug-likeness (QED) is 0.884. The van der Waals surface area contributed by atoms with Crippen LogP contribution < -0.4 is 0 Å². The van der Waals surface area contributed by atoms with Crippen LogP contribution in [0.15, 0.2) is 12.1 Å². The number of esters is 1. The average Bonchev–Trinajstić information content (AvgIpc) is 3.10. The van der Waals surface area contributed by atoms with Crippen molar-refractivity contribution in [2.75, 3.05) is 6.61 Å². The Hall–Kier alpha value is -1.98. The molecule has 1 aromatic carbocycles. The zero-order chi connectivity index (χ0) is 15.0. The molecule has 21 heavy (non-hydrogen) atoms. The third kappa shape index (κ3) is 2.09. The average molecular weight is 294 g/mol. The third-order valence-electron chi connectivity index (χ3n) is 4.12. The highest BCUT2D eigenvalue weighted by Gasteiger charge is 2.46. The maximum atomic E-state index is 13.8. The number of hydrogen-bond donors (Lipinski definition) is 1. The summed E-state index contributed by atoms with van der Waals surface area (Å²) in [5.74, 6) is -1.91. The van der Waals surface area contributed by atoms with Gasteiger partial charge in [-0.3, -0.25) is 4.79 Å². The fraction of sp³-hybridized carbons (Fsp3) is 0.467. The number of carbonyl (C=O) groups excluding carboxylic acids is 1. The lowest BCUT2D eigenvalue weighted by Gasteiger charge is -2.23. The van der Waals surface area contributed by atoms with Gasteiger partial charge in [0.05, 0.1) is 12.1 Å². The van der Waals surface area contributed by atoms with Gasteiger partial charge in [0.25, 0.3) is 0 Å². The predicted octanol–water partition coefficient (Wildman–Crippen LogP) is 3.22. The number of ether oxygens (including phenoxy) is 1. The Morgan fingerprint density at radius 1 is 1.38 bits per heavy atom. The Bertz CT molecular complexity index is 690. The Balaban J connectivity index is 2.12. The molecule has 0 bridgehead atoms. The Labute approximate surface area is 120 Å². The van der Waals surface area contributed by atoms with E-state index in [0.717, 1.165) is 18.9 Å². The van der Waals surface area contributed by atoms with Gasteiger partial charge in [-0.05, 0) is 31.9 Å². The van der Waals surface area contributed by atoms with Gasteiger partial charge in [-0.1, -0.05) is 12.8 Å². The van der Waals surface area contributed by atoms with Crippen LogP contribution in [0.4, 0.5) is 8.78 Å². The molecule has 0 atom stereocenters. The van der Waals surface area contributed by atoms with Crippen LogP contribution >= 0.6 is 0 Å². The normalized spacial score (nSPS) is 17.3. The number of halogens is 2. The van der Waals surface area contributed by atoms with E-state index in [0.29, 0.717) is 24.2 Å². The molecule has 1 aliphatic rings. The van der Waals surface area contributed by atoms with Gasteiger partial charge in [0.2, 0.25) is 0 Å². The van der Waals surface area contributed by atoms with E-state index < -0.39 is 17.0 Å². The SMILES string of the molecule is CCOC(=O)C1(c2nc3c(F)c(F)ccc3[nH]2)CCCC1. The lowest BCUT2D eigenvalue weighted by Crippen LogP contribution is -2.35. The number of benzene rings is 1. The highest BCUT2D eigenvalue weighted by Crippen LogP contribution is 2.41. The van der Waals surface area contributed by atoms with Gasteiger partial charge in [-0.15, -0.1) is 0 Å². The van der Waals surface area contributed by atoms with Crippen molar-refractivity contribution in [1.82, 2.24) is 9.97 Å². The summed E-state index contributed by atoms with van der Waals surface area (Å²) in [6.45, 7) is 2.03. The van der Waals surface area contributed by atoms with E-state index in [1.165, 1.54) is 6.07 Å². The van der Waals surface area contributed by atoms with Crippen molar-refractivity contribution in [3.05, 3.63) is 29.6 Å². The Morgan fingerprint density at radius 3 is 2.76 bits per heavy atom. The van der Waals surface area contributed by atoms with Crippen LogP contribution in [0, 0.1) is 11.6 Å². The maximum absolute atomic E-state index is 13.8. The Kier molecular flexibility index (Phi) is 3.39. The van der Waals surface area contributed by atoms with Crippen LogP contribution in [-0.4, -0.2) is 22.5 Å². The smallest absolute Gasteiger partial charge is 0.319 e. The molecule has 6 heteroatoms. The summed E-state index contributed by atoms with van der Waals surface area (Å²) in [5, 5.41) is 0. The molecule has 1 aliphatic carbocycles. The third-order valence-corrected chi connectivity index (χ3v) is 4.12. The summed E-state index contributed by atoms with van der Waals surface area (Å²) < 4.78 is 32.3. The van der Waals surface area contributed by atoms with E-state index in [-0.39, 0.29) is 18.1 Å². The number of carbonyl (C=O) groups is 1. The van der Waals surface area contributed by atoms with Crippen LogP contribution in [-0.2, 0) is 14.9 Å². The van der Waals surface area contributed by atoms with Crippen molar-refractivity contribution >= 4 is 17.0 Å². The zero-order valence-corrected chi connectivity index (χ0v) is 11.7. The van der Waals surface area contributed by atoms with Gasteiger partial charge < -0.3 is 9.72 Å². The first kappa shape index (κ1) is 14.0. The summed E-state index contributed by atoms with van der Waals surface area (Å²) in [7, 11) is 0. The second-order valence-electron chi connectivity index (χ2n) is 5.35. The number of rotatable bonds is 3. The predicted molar refractivity (Wildman–Crippen MR) is 72.8 cm³/mol. The van der Waals surface area contributed by atoms with E-state index in [9.17, 15) is 13.6 Å². The van der Waals surface area contributed by atoms with Gasteiger partial charge in [0.1, 0.15) is 16.8 Å². The monoisotopic (exact) mass is 294 g/mol. The molecule has 2 aromatic rings. The zero-order valence-electron chi connectivity index (χ0n) is 11.7. The van der Waals surface area contributed by atoms with Crippen molar-refractivity contribution in [3.63, 3.8) is 0 Å². The molecule has 1 fully saturated rings. The highest BCUT2D eigenvalue weighted by molar-refractivity contribution is 5.85. The van der Waals surface area contributed by atoms with Gasteiger partial charge in [-0.25, -0.2) is 13.8 Å². The number of aromatic amines is 1. The van der Waals surface area contributed by atoms with Crippen molar-refractivity contribution in [2.24, 2.45) is 0 Å². The van der Waals surface area contributed by atoms with E-state index in [2.05, 4.69) is 9.97 Å². The molecule has 0 aliphatic heterocycles. The second-order valence-corrected chi connectivity index (χ2v) is 5.35. The van der Waals surface area contributed by atoms with Crippen LogP contribution in [0.1, 0.15) is 38.4 Å². The maximum Gasteiger partial charge on any atom is 0.319 e. The van der Waals surface area contributed by atoms with Crippen LogP contribution in [0.25, 0.3) is 11.0 Å². The molecule has 1 N–H and O–H groups in total. The van der Waals surface area contributed by atoms with Crippen LogP contribution in [0.2, 0.25) is 0 Å². The number of H-pyrrole nitrogens is 1. The molecule has 1 saturated carbocycles. The van der Waals surface area contributed by atoms with Gasteiger partial charge in [-0.2, -0.15) is 0 Å². The number of hydrogen-bond acceptors (Lipinski definition) is 3. The number of nitrogens with one attached hydrogen (secondary N) is 1. The molecule has 1 aromatic heterocycles. The number of aromatic nitrogens is 2. The minimum absolute atomic E-state index is 0.0689. The summed E-state index contributed by atoms with van der Waals surface area (Å²) in [6, 6.07) is 2.48. The van der Waals surface area contributed by atoms with Crippen molar-refractivity contribution in [3.8, 4) is 0 Å². The molecule has 0 unspecified atom stereocenters.